The lowest BCUT2D eigenvalue weighted by Crippen LogP contribution is -2.32. The Balaban J connectivity index is 1.84. The van der Waals surface area contributed by atoms with E-state index in [9.17, 15) is 4.79 Å². The fourth-order valence-electron chi connectivity index (χ4n) is 3.59. The van der Waals surface area contributed by atoms with Gasteiger partial charge in [-0.25, -0.2) is 0 Å². The first kappa shape index (κ1) is 22.2. The van der Waals surface area contributed by atoms with Crippen LogP contribution < -0.4 is 5.32 Å². The van der Waals surface area contributed by atoms with Gasteiger partial charge in [0, 0.05) is 12.5 Å². The molecule has 3 heteroatoms. The van der Waals surface area contributed by atoms with Gasteiger partial charge in [0.05, 0.1) is 6.61 Å². The van der Waals surface area contributed by atoms with E-state index in [0.717, 1.165) is 37.8 Å². The summed E-state index contributed by atoms with van der Waals surface area (Å²) < 4.78 is 0. The number of amides is 1. The molecule has 1 unspecified atom stereocenters. The SMILES string of the molecule is CCCCCCCCCCCCCCNC(=O)C1CC=C(CO)CC1. The highest BCUT2D eigenvalue weighted by atomic mass is 16.3. The second-order valence-electron chi connectivity index (χ2n) is 7.67. The molecule has 25 heavy (non-hydrogen) atoms. The van der Waals surface area contributed by atoms with Gasteiger partial charge in [-0.1, -0.05) is 83.6 Å². The van der Waals surface area contributed by atoms with E-state index < -0.39 is 0 Å². The van der Waals surface area contributed by atoms with E-state index in [1.165, 1.54) is 70.6 Å². The zero-order valence-corrected chi connectivity index (χ0v) is 16.5. The van der Waals surface area contributed by atoms with Crippen LogP contribution in [0, 0.1) is 5.92 Å². The molecule has 0 fully saturated rings. The van der Waals surface area contributed by atoms with Crippen LogP contribution in [-0.2, 0) is 4.79 Å². The molecule has 0 saturated carbocycles. The van der Waals surface area contributed by atoms with Gasteiger partial charge in [0.2, 0.25) is 5.91 Å². The van der Waals surface area contributed by atoms with Crippen molar-refractivity contribution < 1.29 is 9.90 Å². The highest BCUT2D eigenvalue weighted by molar-refractivity contribution is 5.79. The fraction of sp³-hybridized carbons (Fsp3) is 0.864. The third-order valence-corrected chi connectivity index (χ3v) is 5.41. The number of nitrogens with one attached hydrogen (secondary N) is 1. The summed E-state index contributed by atoms with van der Waals surface area (Å²) in [5.74, 6) is 0.323. The molecule has 0 aromatic carbocycles. The highest BCUT2D eigenvalue weighted by Crippen LogP contribution is 2.23. The second-order valence-corrected chi connectivity index (χ2v) is 7.67. The molecule has 0 saturated heterocycles. The molecule has 1 aliphatic carbocycles. The first-order valence-corrected chi connectivity index (χ1v) is 10.8. The van der Waals surface area contributed by atoms with E-state index in [1.54, 1.807) is 0 Å². The predicted octanol–water partition coefficient (Wildman–Crippen LogP) is 5.52. The standard InChI is InChI=1S/C22H41NO2/c1-2-3-4-5-6-7-8-9-10-11-12-13-18-23-22(25)21-16-14-20(19-24)15-17-21/h14,21,24H,2-13,15-19H2,1H3,(H,23,25). The fourth-order valence-corrected chi connectivity index (χ4v) is 3.59. The molecule has 0 aromatic rings. The summed E-state index contributed by atoms with van der Waals surface area (Å²) in [7, 11) is 0. The minimum atomic E-state index is 0.118. The number of allylic oxidation sites excluding steroid dienone is 1. The molecule has 1 aliphatic rings. The average molecular weight is 352 g/mol. The Labute approximate surface area is 155 Å². The molecule has 0 aliphatic heterocycles. The minimum absolute atomic E-state index is 0.118. The number of hydrogen-bond acceptors (Lipinski definition) is 2. The Kier molecular flexibility index (Phi) is 13.7. The molecule has 1 rings (SSSR count). The number of hydrogen-bond donors (Lipinski definition) is 2. The van der Waals surface area contributed by atoms with Crippen LogP contribution in [0.2, 0.25) is 0 Å². The molecule has 146 valence electrons. The van der Waals surface area contributed by atoms with Crippen LogP contribution in [0.4, 0.5) is 0 Å². The molecule has 0 radical (unpaired) electrons. The van der Waals surface area contributed by atoms with Gasteiger partial charge in [0.1, 0.15) is 0 Å². The van der Waals surface area contributed by atoms with Crippen molar-refractivity contribution in [3.63, 3.8) is 0 Å². The van der Waals surface area contributed by atoms with Gasteiger partial charge in [-0.05, 0) is 31.3 Å². The van der Waals surface area contributed by atoms with Gasteiger partial charge in [0.15, 0.2) is 0 Å². The van der Waals surface area contributed by atoms with E-state index in [4.69, 9.17) is 5.11 Å². The second kappa shape index (κ2) is 15.4. The third kappa shape index (κ3) is 11.4. The lowest BCUT2D eigenvalue weighted by Gasteiger charge is -2.20. The summed E-state index contributed by atoms with van der Waals surface area (Å²) in [4.78, 5) is 12.1. The first-order valence-electron chi connectivity index (χ1n) is 10.8. The summed E-state index contributed by atoms with van der Waals surface area (Å²) >= 11 is 0. The van der Waals surface area contributed by atoms with Crippen LogP contribution in [0.15, 0.2) is 11.6 Å². The number of carbonyl (C=O) groups is 1. The molecule has 0 aromatic heterocycles. The maximum Gasteiger partial charge on any atom is 0.223 e. The Morgan fingerprint density at radius 1 is 1.00 bits per heavy atom. The van der Waals surface area contributed by atoms with Crippen LogP contribution in [-0.4, -0.2) is 24.2 Å². The molecule has 2 N–H and O–H groups in total. The summed E-state index contributed by atoms with van der Waals surface area (Å²) in [6, 6.07) is 0. The van der Waals surface area contributed by atoms with E-state index >= 15 is 0 Å². The average Bonchev–Trinajstić information content (AvgIpc) is 2.65. The number of rotatable bonds is 15. The van der Waals surface area contributed by atoms with Crippen LogP contribution >= 0.6 is 0 Å². The molecule has 1 amide bonds. The zero-order chi connectivity index (χ0) is 18.2. The molecule has 0 heterocycles. The van der Waals surface area contributed by atoms with Crippen molar-refractivity contribution >= 4 is 5.91 Å². The van der Waals surface area contributed by atoms with Crippen molar-refractivity contribution in [2.45, 2.75) is 103 Å². The lowest BCUT2D eigenvalue weighted by atomic mass is 9.89. The van der Waals surface area contributed by atoms with E-state index in [0.29, 0.717) is 0 Å². The molecular formula is C22H41NO2. The minimum Gasteiger partial charge on any atom is -0.392 e. The molecule has 1 atom stereocenters. The summed E-state index contributed by atoms with van der Waals surface area (Å²) in [5.41, 5.74) is 1.09. The largest absolute Gasteiger partial charge is 0.392 e. The normalized spacial score (nSPS) is 17.4. The maximum atomic E-state index is 12.1. The lowest BCUT2D eigenvalue weighted by molar-refractivity contribution is -0.125. The monoisotopic (exact) mass is 351 g/mol. The van der Waals surface area contributed by atoms with E-state index in [2.05, 4.69) is 12.2 Å². The first-order chi connectivity index (χ1) is 12.3. The number of unbranched alkanes of at least 4 members (excludes halogenated alkanes) is 11. The highest BCUT2D eigenvalue weighted by Gasteiger charge is 2.20. The van der Waals surface area contributed by atoms with E-state index in [1.807, 2.05) is 6.08 Å². The van der Waals surface area contributed by atoms with Crippen molar-refractivity contribution in [2.75, 3.05) is 13.2 Å². The van der Waals surface area contributed by atoms with Gasteiger partial charge in [-0.15, -0.1) is 0 Å². The molecule has 3 nitrogen and oxygen atoms in total. The Morgan fingerprint density at radius 2 is 1.56 bits per heavy atom. The number of aliphatic hydroxyl groups excluding tert-OH is 1. The van der Waals surface area contributed by atoms with Crippen LogP contribution in [0.25, 0.3) is 0 Å². The summed E-state index contributed by atoms with van der Waals surface area (Å²) in [6.07, 6.45) is 20.8. The summed E-state index contributed by atoms with van der Waals surface area (Å²) in [5, 5.41) is 12.2. The van der Waals surface area contributed by atoms with Crippen molar-refractivity contribution in [1.82, 2.24) is 5.32 Å². The molecular weight excluding hydrogens is 310 g/mol. The third-order valence-electron chi connectivity index (χ3n) is 5.41. The van der Waals surface area contributed by atoms with Crippen LogP contribution in [0.1, 0.15) is 103 Å². The van der Waals surface area contributed by atoms with Gasteiger partial charge in [-0.3, -0.25) is 4.79 Å². The Bertz CT molecular complexity index is 365. The number of carbonyl (C=O) groups excluding carboxylic acids is 1. The van der Waals surface area contributed by atoms with Crippen molar-refractivity contribution in [3.8, 4) is 0 Å². The summed E-state index contributed by atoms with van der Waals surface area (Å²) in [6.45, 7) is 3.24. The quantitative estimate of drug-likeness (QED) is 0.301. The van der Waals surface area contributed by atoms with Crippen molar-refractivity contribution in [1.29, 1.82) is 0 Å². The van der Waals surface area contributed by atoms with Gasteiger partial charge in [0.25, 0.3) is 0 Å². The molecule has 0 bridgehead atoms. The smallest absolute Gasteiger partial charge is 0.223 e. The van der Waals surface area contributed by atoms with Gasteiger partial charge >= 0.3 is 0 Å². The van der Waals surface area contributed by atoms with Crippen LogP contribution in [0.3, 0.4) is 0 Å². The maximum absolute atomic E-state index is 12.1. The topological polar surface area (TPSA) is 49.3 Å². The van der Waals surface area contributed by atoms with Gasteiger partial charge in [-0.2, -0.15) is 0 Å². The van der Waals surface area contributed by atoms with E-state index in [-0.39, 0.29) is 18.4 Å². The van der Waals surface area contributed by atoms with Crippen LogP contribution in [0.5, 0.6) is 0 Å². The predicted molar refractivity (Wildman–Crippen MR) is 107 cm³/mol. The Morgan fingerprint density at radius 3 is 2.04 bits per heavy atom. The Hall–Kier alpha value is -0.830. The molecule has 0 spiro atoms. The number of aliphatic hydroxyl groups is 1. The van der Waals surface area contributed by atoms with Crippen molar-refractivity contribution in [2.24, 2.45) is 5.92 Å². The van der Waals surface area contributed by atoms with Crippen molar-refractivity contribution in [3.05, 3.63) is 11.6 Å². The van der Waals surface area contributed by atoms with Gasteiger partial charge < -0.3 is 10.4 Å². The zero-order valence-electron chi connectivity index (χ0n) is 16.5.